The van der Waals surface area contributed by atoms with Gasteiger partial charge in [0, 0.05) is 11.1 Å². The number of rotatable bonds is 2. The summed E-state index contributed by atoms with van der Waals surface area (Å²) in [5.41, 5.74) is 0.552. The Hall–Kier alpha value is -1.45. The first kappa shape index (κ1) is 14.0. The molecule has 2 aromatic rings. The van der Waals surface area contributed by atoms with Crippen molar-refractivity contribution >= 4 is 29.0 Å². The fourth-order valence-electron chi connectivity index (χ4n) is 1.65. The van der Waals surface area contributed by atoms with E-state index in [1.54, 1.807) is 0 Å². The van der Waals surface area contributed by atoms with E-state index < -0.39 is 17.4 Å². The third-order valence-corrected chi connectivity index (χ3v) is 3.29. The molecule has 19 heavy (non-hydrogen) atoms. The highest BCUT2D eigenvalue weighted by atomic mass is 35.5. The quantitative estimate of drug-likeness (QED) is 0.727. The Bertz CT molecular complexity index is 669. The molecule has 0 aromatic heterocycles. The molecule has 0 saturated carbocycles. The Morgan fingerprint density at radius 1 is 1.00 bits per heavy atom. The monoisotopic (exact) mass is 300 g/mol. The number of carbonyl (C=O) groups excluding carboxylic acids is 1. The second kappa shape index (κ2) is 5.27. The number of carbonyl (C=O) groups is 1. The minimum Gasteiger partial charge on any atom is -0.288 e. The highest BCUT2D eigenvalue weighted by Gasteiger charge is 2.18. The smallest absolute Gasteiger partial charge is 0.196 e. The lowest BCUT2D eigenvalue weighted by molar-refractivity contribution is 0.103. The van der Waals surface area contributed by atoms with Crippen molar-refractivity contribution in [1.82, 2.24) is 0 Å². The molecule has 0 fully saturated rings. The number of benzene rings is 2. The van der Waals surface area contributed by atoms with Gasteiger partial charge in [-0.25, -0.2) is 8.78 Å². The molecule has 0 heterocycles. The molecule has 0 atom stereocenters. The predicted octanol–water partition coefficient (Wildman–Crippen LogP) is 4.81. The molecule has 0 aliphatic rings. The van der Waals surface area contributed by atoms with Crippen LogP contribution in [0.25, 0.3) is 0 Å². The maximum atomic E-state index is 13.3. The Kier molecular flexibility index (Phi) is 3.88. The predicted molar refractivity (Wildman–Crippen MR) is 71.0 cm³/mol. The molecule has 2 rings (SSSR count). The van der Waals surface area contributed by atoms with E-state index in [4.69, 9.17) is 23.2 Å². The van der Waals surface area contributed by atoms with E-state index >= 15 is 0 Å². The van der Waals surface area contributed by atoms with Crippen LogP contribution in [-0.4, -0.2) is 5.78 Å². The van der Waals surface area contributed by atoms with Gasteiger partial charge in [0.2, 0.25) is 0 Å². The van der Waals surface area contributed by atoms with Crippen LogP contribution in [0.1, 0.15) is 21.5 Å². The lowest BCUT2D eigenvalue weighted by Gasteiger charge is -2.07. The van der Waals surface area contributed by atoms with Gasteiger partial charge in [-0.05, 0) is 42.8 Å². The Balaban J connectivity index is 2.53. The highest BCUT2D eigenvalue weighted by molar-refractivity contribution is 6.38. The van der Waals surface area contributed by atoms with Crippen molar-refractivity contribution in [3.63, 3.8) is 0 Å². The topological polar surface area (TPSA) is 17.1 Å². The van der Waals surface area contributed by atoms with Crippen LogP contribution in [0.5, 0.6) is 0 Å². The highest BCUT2D eigenvalue weighted by Crippen LogP contribution is 2.26. The van der Waals surface area contributed by atoms with Gasteiger partial charge >= 0.3 is 0 Å². The van der Waals surface area contributed by atoms with Gasteiger partial charge in [0.05, 0.1) is 10.0 Å². The van der Waals surface area contributed by atoms with Crippen LogP contribution in [0, 0.1) is 18.6 Å². The number of hydrogen-bond donors (Lipinski definition) is 0. The lowest BCUT2D eigenvalue weighted by Crippen LogP contribution is -2.04. The summed E-state index contributed by atoms with van der Waals surface area (Å²) in [7, 11) is 0. The molecule has 0 N–H and O–H groups in total. The van der Waals surface area contributed by atoms with Crippen LogP contribution in [0.2, 0.25) is 10.0 Å². The van der Waals surface area contributed by atoms with Crippen molar-refractivity contribution in [2.24, 2.45) is 0 Å². The molecule has 1 nitrogen and oxygen atoms in total. The third-order valence-electron chi connectivity index (χ3n) is 2.67. The van der Waals surface area contributed by atoms with Crippen molar-refractivity contribution < 1.29 is 13.6 Å². The van der Waals surface area contributed by atoms with Gasteiger partial charge < -0.3 is 0 Å². The Morgan fingerprint density at radius 3 is 2.26 bits per heavy atom. The molecule has 0 bridgehead atoms. The first-order chi connectivity index (χ1) is 8.90. The largest absolute Gasteiger partial charge is 0.288 e. The molecule has 0 spiro atoms. The maximum absolute atomic E-state index is 13.3. The lowest BCUT2D eigenvalue weighted by atomic mass is 10.0. The van der Waals surface area contributed by atoms with Crippen LogP contribution in [0.4, 0.5) is 8.78 Å². The molecule has 0 radical (unpaired) electrons. The molecule has 0 aliphatic carbocycles. The molecular weight excluding hydrogens is 293 g/mol. The summed E-state index contributed by atoms with van der Waals surface area (Å²) >= 11 is 11.7. The number of aryl methyl sites for hydroxylation is 1. The molecule has 98 valence electrons. The average molecular weight is 301 g/mol. The van der Waals surface area contributed by atoms with E-state index in [2.05, 4.69) is 0 Å². The Labute approximate surface area is 118 Å². The number of halogens is 4. The second-order valence-corrected chi connectivity index (χ2v) is 4.85. The summed E-state index contributed by atoms with van der Waals surface area (Å²) in [6, 6.07) is 5.86. The molecule has 0 saturated heterocycles. The van der Waals surface area contributed by atoms with Gasteiger partial charge in [-0.15, -0.1) is 0 Å². The summed E-state index contributed by atoms with van der Waals surface area (Å²) in [5.74, 6) is -1.51. The first-order valence-electron chi connectivity index (χ1n) is 5.35. The molecule has 2 aromatic carbocycles. The van der Waals surface area contributed by atoms with Crippen molar-refractivity contribution in [3.8, 4) is 0 Å². The van der Waals surface area contributed by atoms with Gasteiger partial charge in [0.1, 0.15) is 11.6 Å². The fourth-order valence-corrected chi connectivity index (χ4v) is 2.14. The van der Waals surface area contributed by atoms with Crippen molar-refractivity contribution in [2.75, 3.05) is 0 Å². The maximum Gasteiger partial charge on any atom is 0.196 e. The van der Waals surface area contributed by atoms with E-state index in [-0.39, 0.29) is 21.2 Å². The van der Waals surface area contributed by atoms with E-state index in [1.165, 1.54) is 19.1 Å². The first-order valence-corrected chi connectivity index (χ1v) is 6.11. The molecular formula is C14H8Cl2F2O. The SMILES string of the molecule is Cc1cc(C(=O)c2ccc(F)cc2Cl)c(Cl)cc1F. The number of hydrogen-bond acceptors (Lipinski definition) is 1. The fraction of sp³-hybridized carbons (Fsp3) is 0.0714. The average Bonchev–Trinajstić information content (AvgIpc) is 2.33. The zero-order chi connectivity index (χ0) is 14.2. The van der Waals surface area contributed by atoms with Crippen molar-refractivity contribution in [1.29, 1.82) is 0 Å². The van der Waals surface area contributed by atoms with Gasteiger partial charge in [0.25, 0.3) is 0 Å². The van der Waals surface area contributed by atoms with Crippen molar-refractivity contribution in [3.05, 3.63) is 68.7 Å². The molecule has 0 amide bonds. The summed E-state index contributed by atoms with van der Waals surface area (Å²) in [5, 5.41) is -0.0171. The van der Waals surface area contributed by atoms with Crippen LogP contribution < -0.4 is 0 Å². The van der Waals surface area contributed by atoms with E-state index in [0.29, 0.717) is 5.56 Å². The van der Waals surface area contributed by atoms with Gasteiger partial charge in [-0.1, -0.05) is 23.2 Å². The summed E-state index contributed by atoms with van der Waals surface area (Å²) in [6.45, 7) is 1.52. The number of ketones is 1. The summed E-state index contributed by atoms with van der Waals surface area (Å²) in [4.78, 5) is 12.2. The van der Waals surface area contributed by atoms with Crippen LogP contribution in [0.15, 0.2) is 30.3 Å². The second-order valence-electron chi connectivity index (χ2n) is 4.03. The van der Waals surface area contributed by atoms with Crippen LogP contribution in [-0.2, 0) is 0 Å². The zero-order valence-corrected chi connectivity index (χ0v) is 11.3. The molecule has 0 unspecified atom stereocenters. The molecule has 0 aliphatic heterocycles. The molecule has 5 heteroatoms. The van der Waals surface area contributed by atoms with Gasteiger partial charge in [0.15, 0.2) is 5.78 Å². The van der Waals surface area contributed by atoms with E-state index in [0.717, 1.165) is 18.2 Å². The van der Waals surface area contributed by atoms with Gasteiger partial charge in [-0.3, -0.25) is 4.79 Å². The van der Waals surface area contributed by atoms with E-state index in [1.807, 2.05) is 0 Å². The minimum absolute atomic E-state index is 0.00603. The van der Waals surface area contributed by atoms with E-state index in [9.17, 15) is 13.6 Å². The standard InChI is InChI=1S/C14H8Cl2F2O/c1-7-4-10(12(16)6-13(7)18)14(19)9-3-2-8(17)5-11(9)15/h2-6H,1H3. The normalized spacial score (nSPS) is 10.6. The van der Waals surface area contributed by atoms with Crippen LogP contribution >= 0.6 is 23.2 Å². The third kappa shape index (κ3) is 2.77. The summed E-state index contributed by atoms with van der Waals surface area (Å²) in [6.07, 6.45) is 0. The van der Waals surface area contributed by atoms with Gasteiger partial charge in [-0.2, -0.15) is 0 Å². The summed E-state index contributed by atoms with van der Waals surface area (Å²) < 4.78 is 26.2. The van der Waals surface area contributed by atoms with Crippen molar-refractivity contribution in [2.45, 2.75) is 6.92 Å². The minimum atomic E-state index is -0.539. The zero-order valence-electron chi connectivity index (χ0n) is 9.81. The Morgan fingerprint density at radius 2 is 1.63 bits per heavy atom. The van der Waals surface area contributed by atoms with Crippen LogP contribution in [0.3, 0.4) is 0 Å².